The van der Waals surface area contributed by atoms with Crippen molar-refractivity contribution in [2.75, 3.05) is 32.6 Å². The number of hydrogen-bond acceptors (Lipinski definition) is 4. The van der Waals surface area contributed by atoms with E-state index >= 15 is 0 Å². The summed E-state index contributed by atoms with van der Waals surface area (Å²) < 4.78 is 10.8. The fourth-order valence-electron chi connectivity index (χ4n) is 2.68. The average Bonchev–Trinajstić information content (AvgIpc) is 2.92. The predicted octanol–water partition coefficient (Wildman–Crippen LogP) is 2.57. The van der Waals surface area contributed by atoms with Gasteiger partial charge < -0.3 is 20.1 Å². The molecule has 1 unspecified atom stereocenters. The summed E-state index contributed by atoms with van der Waals surface area (Å²) in [6.45, 7) is 4.14. The molecule has 0 radical (unpaired) electrons. The molecule has 1 fully saturated rings. The van der Waals surface area contributed by atoms with E-state index < -0.39 is 0 Å². The van der Waals surface area contributed by atoms with Crippen LogP contribution < -0.4 is 20.1 Å². The highest BCUT2D eigenvalue weighted by molar-refractivity contribution is 5.63. The molecule has 0 aromatic heterocycles. The van der Waals surface area contributed by atoms with E-state index in [1.54, 1.807) is 14.2 Å². The number of hydrogen-bond donors (Lipinski definition) is 2. The van der Waals surface area contributed by atoms with Crippen molar-refractivity contribution in [3.05, 3.63) is 17.7 Å². The first-order valence-electron chi connectivity index (χ1n) is 6.95. The quantitative estimate of drug-likeness (QED) is 0.828. The molecule has 19 heavy (non-hydrogen) atoms. The van der Waals surface area contributed by atoms with Crippen molar-refractivity contribution in [3.63, 3.8) is 0 Å². The second-order valence-electron chi connectivity index (χ2n) is 4.98. The zero-order valence-corrected chi connectivity index (χ0v) is 12.1. The Labute approximate surface area is 115 Å². The SMILES string of the molecule is COc1ccc(NCCC2CCCN2)c(OC)c1C. The number of benzene rings is 1. The van der Waals surface area contributed by atoms with E-state index in [2.05, 4.69) is 10.6 Å². The molecule has 0 saturated carbocycles. The fraction of sp³-hybridized carbons (Fsp3) is 0.600. The van der Waals surface area contributed by atoms with Crippen molar-refractivity contribution < 1.29 is 9.47 Å². The van der Waals surface area contributed by atoms with E-state index in [4.69, 9.17) is 9.47 Å². The van der Waals surface area contributed by atoms with Crippen LogP contribution in [0.15, 0.2) is 12.1 Å². The fourth-order valence-corrected chi connectivity index (χ4v) is 2.68. The molecule has 106 valence electrons. The molecule has 0 bridgehead atoms. The number of methoxy groups -OCH3 is 2. The lowest BCUT2D eigenvalue weighted by Gasteiger charge is -2.17. The highest BCUT2D eigenvalue weighted by Gasteiger charge is 2.14. The molecule has 2 N–H and O–H groups in total. The van der Waals surface area contributed by atoms with Crippen LogP contribution in [0.4, 0.5) is 5.69 Å². The third kappa shape index (κ3) is 3.32. The van der Waals surface area contributed by atoms with Crippen molar-refractivity contribution in [2.24, 2.45) is 0 Å². The molecule has 4 nitrogen and oxygen atoms in total. The van der Waals surface area contributed by atoms with Gasteiger partial charge in [0, 0.05) is 18.2 Å². The maximum absolute atomic E-state index is 5.48. The van der Waals surface area contributed by atoms with Crippen LogP contribution >= 0.6 is 0 Å². The minimum Gasteiger partial charge on any atom is -0.496 e. The second-order valence-corrected chi connectivity index (χ2v) is 4.98. The van der Waals surface area contributed by atoms with Crippen molar-refractivity contribution >= 4 is 5.69 Å². The van der Waals surface area contributed by atoms with Gasteiger partial charge in [-0.05, 0) is 44.9 Å². The second kappa shape index (κ2) is 6.66. The lowest BCUT2D eigenvalue weighted by molar-refractivity contribution is 0.390. The third-order valence-corrected chi connectivity index (χ3v) is 3.75. The summed E-state index contributed by atoms with van der Waals surface area (Å²) in [6.07, 6.45) is 3.74. The van der Waals surface area contributed by atoms with Crippen molar-refractivity contribution in [3.8, 4) is 11.5 Å². The van der Waals surface area contributed by atoms with Crippen molar-refractivity contribution in [1.29, 1.82) is 0 Å². The summed E-state index contributed by atoms with van der Waals surface area (Å²) in [5, 5.41) is 6.97. The number of anilines is 1. The first-order chi connectivity index (χ1) is 9.26. The van der Waals surface area contributed by atoms with Gasteiger partial charge in [-0.25, -0.2) is 0 Å². The largest absolute Gasteiger partial charge is 0.496 e. The monoisotopic (exact) mass is 264 g/mol. The molecule has 1 atom stereocenters. The molecule has 1 aromatic rings. The summed E-state index contributed by atoms with van der Waals surface area (Å²) in [6, 6.07) is 4.67. The summed E-state index contributed by atoms with van der Waals surface area (Å²) in [7, 11) is 3.38. The van der Waals surface area contributed by atoms with E-state index in [9.17, 15) is 0 Å². The first kappa shape index (κ1) is 14.0. The highest BCUT2D eigenvalue weighted by Crippen LogP contribution is 2.34. The van der Waals surface area contributed by atoms with Crippen LogP contribution in [0.25, 0.3) is 0 Å². The van der Waals surface area contributed by atoms with Gasteiger partial charge in [-0.15, -0.1) is 0 Å². The third-order valence-electron chi connectivity index (χ3n) is 3.75. The van der Waals surface area contributed by atoms with Gasteiger partial charge in [-0.1, -0.05) is 0 Å². The van der Waals surface area contributed by atoms with Crippen LogP contribution in [0.2, 0.25) is 0 Å². The molecule has 1 saturated heterocycles. The normalized spacial score (nSPS) is 18.4. The Hall–Kier alpha value is -1.42. The van der Waals surface area contributed by atoms with E-state index in [0.717, 1.165) is 42.3 Å². The standard InChI is InChI=1S/C15H24N2O2/c1-11-14(18-2)7-6-13(15(11)19-3)17-10-8-12-5-4-9-16-12/h6-7,12,16-17H,4-5,8-10H2,1-3H3. The van der Waals surface area contributed by atoms with Crippen LogP contribution in [0.1, 0.15) is 24.8 Å². The molecule has 0 spiro atoms. The molecule has 1 aliphatic heterocycles. The van der Waals surface area contributed by atoms with Crippen LogP contribution in [-0.2, 0) is 0 Å². The Morgan fingerprint density at radius 3 is 2.79 bits per heavy atom. The van der Waals surface area contributed by atoms with Gasteiger partial charge in [-0.2, -0.15) is 0 Å². The topological polar surface area (TPSA) is 42.5 Å². The maximum Gasteiger partial charge on any atom is 0.148 e. The molecule has 1 heterocycles. The summed E-state index contributed by atoms with van der Waals surface area (Å²) >= 11 is 0. The van der Waals surface area contributed by atoms with Gasteiger partial charge in [0.15, 0.2) is 0 Å². The Morgan fingerprint density at radius 2 is 2.16 bits per heavy atom. The Balaban J connectivity index is 1.97. The van der Waals surface area contributed by atoms with E-state index in [1.165, 1.54) is 12.8 Å². The number of ether oxygens (including phenoxy) is 2. The van der Waals surface area contributed by atoms with Crippen molar-refractivity contribution in [2.45, 2.75) is 32.2 Å². The highest BCUT2D eigenvalue weighted by atomic mass is 16.5. The average molecular weight is 264 g/mol. The molecule has 1 aliphatic rings. The van der Waals surface area contributed by atoms with Gasteiger partial charge in [0.1, 0.15) is 11.5 Å². The number of nitrogens with one attached hydrogen (secondary N) is 2. The molecule has 1 aromatic carbocycles. The first-order valence-corrected chi connectivity index (χ1v) is 6.95. The predicted molar refractivity (Wildman–Crippen MR) is 78.4 cm³/mol. The van der Waals surface area contributed by atoms with Crippen LogP contribution in [0.5, 0.6) is 11.5 Å². The maximum atomic E-state index is 5.48. The van der Waals surface area contributed by atoms with Gasteiger partial charge in [0.05, 0.1) is 19.9 Å². The zero-order valence-electron chi connectivity index (χ0n) is 12.1. The molecule has 2 rings (SSSR count). The molecule has 0 amide bonds. The van der Waals surface area contributed by atoms with Gasteiger partial charge in [-0.3, -0.25) is 0 Å². The van der Waals surface area contributed by atoms with Crippen LogP contribution in [0.3, 0.4) is 0 Å². The Morgan fingerprint density at radius 1 is 1.32 bits per heavy atom. The molecule has 4 heteroatoms. The summed E-state index contributed by atoms with van der Waals surface area (Å²) in [4.78, 5) is 0. The minimum atomic E-state index is 0.665. The lowest BCUT2D eigenvalue weighted by Crippen LogP contribution is -2.24. The van der Waals surface area contributed by atoms with Gasteiger partial charge in [0.25, 0.3) is 0 Å². The molecular formula is C15H24N2O2. The molecule has 0 aliphatic carbocycles. The van der Waals surface area contributed by atoms with Crippen LogP contribution in [-0.4, -0.2) is 33.4 Å². The Kier molecular flexibility index (Phi) is 4.91. The zero-order chi connectivity index (χ0) is 13.7. The van der Waals surface area contributed by atoms with Gasteiger partial charge in [0.2, 0.25) is 0 Å². The van der Waals surface area contributed by atoms with Crippen molar-refractivity contribution in [1.82, 2.24) is 5.32 Å². The molecular weight excluding hydrogens is 240 g/mol. The minimum absolute atomic E-state index is 0.665. The Bertz CT molecular complexity index is 415. The van der Waals surface area contributed by atoms with Crippen LogP contribution in [0, 0.1) is 6.92 Å². The smallest absolute Gasteiger partial charge is 0.148 e. The lowest BCUT2D eigenvalue weighted by atomic mass is 10.1. The van der Waals surface area contributed by atoms with E-state index in [1.807, 2.05) is 19.1 Å². The summed E-state index contributed by atoms with van der Waals surface area (Å²) in [5.41, 5.74) is 2.08. The van der Waals surface area contributed by atoms with E-state index in [-0.39, 0.29) is 0 Å². The van der Waals surface area contributed by atoms with E-state index in [0.29, 0.717) is 6.04 Å². The van der Waals surface area contributed by atoms with Gasteiger partial charge >= 0.3 is 0 Å². The summed E-state index contributed by atoms with van der Waals surface area (Å²) in [5.74, 6) is 1.73. The number of rotatable bonds is 6.